The van der Waals surface area contributed by atoms with Crippen LogP contribution in [0.2, 0.25) is 4.34 Å². The number of nitrogens with zero attached hydrogens (tertiary/aromatic N) is 1. The van der Waals surface area contributed by atoms with Crippen molar-refractivity contribution in [2.24, 2.45) is 0 Å². The maximum absolute atomic E-state index is 5.72. The minimum Gasteiger partial charge on any atom is -0.365 e. The average Bonchev–Trinajstić information content (AvgIpc) is 2.13. The number of rotatable bonds is 1. The minimum atomic E-state index is 0.763. The van der Waals surface area contributed by atoms with Gasteiger partial charge in [0.1, 0.15) is 4.34 Å². The Labute approximate surface area is 62.9 Å². The van der Waals surface area contributed by atoms with E-state index in [-0.39, 0.29) is 0 Å². The molecule has 1 heterocycles. The fourth-order valence-electron chi connectivity index (χ4n) is 0.485. The second-order valence-corrected chi connectivity index (χ2v) is 3.23. The van der Waals surface area contributed by atoms with Gasteiger partial charge in [-0.2, -0.15) is 0 Å². The van der Waals surface area contributed by atoms with Crippen LogP contribution in [0.4, 0.5) is 5.13 Å². The second-order valence-electron chi connectivity index (χ2n) is 1.63. The zero-order valence-corrected chi connectivity index (χ0v) is 6.81. The van der Waals surface area contributed by atoms with Crippen LogP contribution in [0.25, 0.3) is 0 Å². The largest absolute Gasteiger partial charge is 0.365 e. The lowest BCUT2D eigenvalue weighted by Gasteiger charge is -1.85. The first-order chi connectivity index (χ1) is 4.24. The fraction of sp³-hybridized carbons (Fsp3) is 0.400. The van der Waals surface area contributed by atoms with Crippen LogP contribution in [0.1, 0.15) is 5.69 Å². The van der Waals surface area contributed by atoms with Crippen LogP contribution >= 0.6 is 22.9 Å². The SMILES string of the molecule is CNc1nc(C)c(Cl)s1. The second kappa shape index (κ2) is 2.54. The quantitative estimate of drug-likeness (QED) is 0.685. The highest BCUT2D eigenvalue weighted by molar-refractivity contribution is 7.19. The van der Waals surface area contributed by atoms with Crippen molar-refractivity contribution in [1.82, 2.24) is 4.98 Å². The smallest absolute Gasteiger partial charge is 0.184 e. The highest BCUT2D eigenvalue weighted by atomic mass is 35.5. The van der Waals surface area contributed by atoms with Gasteiger partial charge in [0.2, 0.25) is 0 Å². The Bertz CT molecular complexity index is 189. The lowest BCUT2D eigenvalue weighted by molar-refractivity contribution is 1.25. The summed E-state index contributed by atoms with van der Waals surface area (Å²) in [7, 11) is 1.83. The topological polar surface area (TPSA) is 24.9 Å². The average molecular weight is 163 g/mol. The molecule has 0 spiro atoms. The van der Waals surface area contributed by atoms with Crippen molar-refractivity contribution < 1.29 is 0 Å². The molecule has 0 saturated heterocycles. The molecule has 1 N–H and O–H groups in total. The van der Waals surface area contributed by atoms with Crippen LogP contribution in [-0.2, 0) is 0 Å². The van der Waals surface area contributed by atoms with E-state index < -0.39 is 0 Å². The Balaban J connectivity index is 2.98. The molecule has 9 heavy (non-hydrogen) atoms. The number of halogens is 1. The first-order valence-electron chi connectivity index (χ1n) is 2.54. The molecule has 4 heteroatoms. The number of hydrogen-bond acceptors (Lipinski definition) is 3. The van der Waals surface area contributed by atoms with Crippen molar-refractivity contribution in [2.45, 2.75) is 6.92 Å². The van der Waals surface area contributed by atoms with Gasteiger partial charge in [0.05, 0.1) is 5.69 Å². The molecule has 0 fully saturated rings. The maximum atomic E-state index is 5.72. The molecule has 2 nitrogen and oxygen atoms in total. The van der Waals surface area contributed by atoms with Gasteiger partial charge in [-0.15, -0.1) is 0 Å². The molecule has 0 radical (unpaired) electrons. The van der Waals surface area contributed by atoms with Crippen LogP contribution in [0.15, 0.2) is 0 Å². The Morgan fingerprint density at radius 1 is 1.67 bits per heavy atom. The van der Waals surface area contributed by atoms with Crippen LogP contribution in [0.3, 0.4) is 0 Å². The zero-order chi connectivity index (χ0) is 6.85. The molecule has 0 aliphatic carbocycles. The van der Waals surface area contributed by atoms with Gasteiger partial charge in [0, 0.05) is 7.05 Å². The predicted octanol–water partition coefficient (Wildman–Crippen LogP) is 2.15. The number of aryl methyl sites for hydroxylation is 1. The van der Waals surface area contributed by atoms with Crippen LogP contribution < -0.4 is 5.32 Å². The van der Waals surface area contributed by atoms with E-state index in [4.69, 9.17) is 11.6 Å². The fourth-order valence-corrected chi connectivity index (χ4v) is 1.39. The predicted molar refractivity (Wildman–Crippen MR) is 41.4 cm³/mol. The van der Waals surface area contributed by atoms with Crippen molar-refractivity contribution in [2.75, 3.05) is 12.4 Å². The van der Waals surface area contributed by atoms with Crippen molar-refractivity contribution in [3.63, 3.8) is 0 Å². The molecule has 1 aromatic rings. The zero-order valence-electron chi connectivity index (χ0n) is 5.23. The van der Waals surface area contributed by atoms with Gasteiger partial charge >= 0.3 is 0 Å². The third kappa shape index (κ3) is 1.34. The van der Waals surface area contributed by atoms with Crippen molar-refractivity contribution in [1.29, 1.82) is 0 Å². The van der Waals surface area contributed by atoms with Crippen LogP contribution in [0.5, 0.6) is 0 Å². The monoisotopic (exact) mass is 162 g/mol. The summed E-state index contributed by atoms with van der Waals surface area (Å²) >= 11 is 7.18. The molecule has 0 saturated carbocycles. The molecule has 0 atom stereocenters. The highest BCUT2D eigenvalue weighted by Crippen LogP contribution is 2.26. The molecule has 0 aliphatic heterocycles. The molecule has 0 aromatic carbocycles. The number of nitrogens with one attached hydrogen (secondary N) is 1. The summed E-state index contributed by atoms with van der Waals surface area (Å²) in [5.74, 6) is 0. The Kier molecular flexibility index (Phi) is 1.93. The van der Waals surface area contributed by atoms with Gasteiger partial charge in [-0.1, -0.05) is 22.9 Å². The van der Waals surface area contributed by atoms with Crippen molar-refractivity contribution in [3.8, 4) is 0 Å². The molecule has 1 rings (SSSR count). The molecule has 0 amide bonds. The van der Waals surface area contributed by atoms with E-state index in [9.17, 15) is 0 Å². The van der Waals surface area contributed by atoms with E-state index in [1.54, 1.807) is 0 Å². The molecular weight excluding hydrogens is 156 g/mol. The van der Waals surface area contributed by atoms with E-state index in [1.165, 1.54) is 11.3 Å². The van der Waals surface area contributed by atoms with E-state index in [2.05, 4.69) is 10.3 Å². The maximum Gasteiger partial charge on any atom is 0.184 e. The van der Waals surface area contributed by atoms with Gasteiger partial charge < -0.3 is 5.32 Å². The van der Waals surface area contributed by atoms with Crippen LogP contribution in [-0.4, -0.2) is 12.0 Å². The van der Waals surface area contributed by atoms with Crippen LogP contribution in [0, 0.1) is 6.92 Å². The van der Waals surface area contributed by atoms with E-state index in [1.807, 2.05) is 14.0 Å². The first kappa shape index (κ1) is 6.83. The summed E-state index contributed by atoms with van der Waals surface area (Å²) in [6.07, 6.45) is 0. The molecule has 0 unspecified atom stereocenters. The summed E-state index contributed by atoms with van der Waals surface area (Å²) in [6.45, 7) is 1.89. The van der Waals surface area contributed by atoms with E-state index in [0.717, 1.165) is 15.2 Å². The molecular formula is C5H7ClN2S. The normalized spacial score (nSPS) is 9.67. The standard InChI is InChI=1S/C5H7ClN2S/c1-3-4(6)9-5(7-2)8-3/h1-2H3,(H,7,8). The van der Waals surface area contributed by atoms with Crippen molar-refractivity contribution in [3.05, 3.63) is 10.0 Å². The number of hydrogen-bond donors (Lipinski definition) is 1. The van der Waals surface area contributed by atoms with Gasteiger partial charge in [-0.25, -0.2) is 4.98 Å². The first-order valence-corrected chi connectivity index (χ1v) is 3.74. The summed E-state index contributed by atoms with van der Waals surface area (Å²) in [5, 5.41) is 3.78. The van der Waals surface area contributed by atoms with E-state index >= 15 is 0 Å². The number of aromatic nitrogens is 1. The highest BCUT2D eigenvalue weighted by Gasteiger charge is 2.00. The summed E-state index contributed by atoms with van der Waals surface area (Å²) < 4.78 is 0.763. The molecule has 0 bridgehead atoms. The lowest BCUT2D eigenvalue weighted by atomic mass is 10.6. The summed E-state index contributed by atoms with van der Waals surface area (Å²) in [5.41, 5.74) is 0.894. The van der Waals surface area contributed by atoms with Gasteiger partial charge in [0.15, 0.2) is 5.13 Å². The van der Waals surface area contributed by atoms with Crippen molar-refractivity contribution >= 4 is 28.1 Å². The molecule has 50 valence electrons. The lowest BCUT2D eigenvalue weighted by Crippen LogP contribution is -1.84. The van der Waals surface area contributed by atoms with Gasteiger partial charge in [0.25, 0.3) is 0 Å². The Morgan fingerprint density at radius 3 is 2.56 bits per heavy atom. The van der Waals surface area contributed by atoms with E-state index in [0.29, 0.717) is 0 Å². The minimum absolute atomic E-state index is 0.763. The summed E-state index contributed by atoms with van der Waals surface area (Å²) in [6, 6.07) is 0. The number of anilines is 1. The summed E-state index contributed by atoms with van der Waals surface area (Å²) in [4.78, 5) is 4.10. The van der Waals surface area contributed by atoms with Gasteiger partial charge in [-0.3, -0.25) is 0 Å². The van der Waals surface area contributed by atoms with Gasteiger partial charge in [-0.05, 0) is 6.92 Å². The molecule has 1 aromatic heterocycles. The third-order valence-electron chi connectivity index (χ3n) is 0.954. The number of thiazole rings is 1. The Hall–Kier alpha value is -0.280. The Morgan fingerprint density at radius 2 is 2.33 bits per heavy atom. The third-order valence-corrected chi connectivity index (χ3v) is 2.42. The molecule has 0 aliphatic rings.